The number of amides is 1. The van der Waals surface area contributed by atoms with Crippen molar-refractivity contribution < 1.29 is 9.18 Å². The number of benzene rings is 2. The van der Waals surface area contributed by atoms with Crippen molar-refractivity contribution in [3.8, 4) is 0 Å². The van der Waals surface area contributed by atoms with Gasteiger partial charge in [0.2, 0.25) is 5.91 Å². The van der Waals surface area contributed by atoms with E-state index in [1.807, 2.05) is 44.2 Å². The molecule has 1 heterocycles. The third-order valence-corrected chi connectivity index (χ3v) is 7.22. The van der Waals surface area contributed by atoms with Crippen molar-refractivity contribution >= 4 is 37.8 Å². The van der Waals surface area contributed by atoms with E-state index in [1.165, 1.54) is 0 Å². The van der Waals surface area contributed by atoms with Gasteiger partial charge in [-0.05, 0) is 99.6 Å². The minimum Gasteiger partial charge on any atom is -0.350 e. The van der Waals surface area contributed by atoms with E-state index < -0.39 is 0 Å². The average Bonchev–Trinajstić information content (AvgIpc) is 2.69. The molecule has 30 heavy (non-hydrogen) atoms. The van der Waals surface area contributed by atoms with E-state index in [4.69, 9.17) is 0 Å². The van der Waals surface area contributed by atoms with Gasteiger partial charge in [0, 0.05) is 15.4 Å². The Labute approximate surface area is 195 Å². The van der Waals surface area contributed by atoms with Crippen molar-refractivity contribution in [3.63, 3.8) is 0 Å². The zero-order valence-corrected chi connectivity index (χ0v) is 20.9. The second kappa shape index (κ2) is 9.92. The van der Waals surface area contributed by atoms with Crippen LogP contribution in [0.1, 0.15) is 55.3 Å². The standard InChI is InChI=1S/C24H29Br2FN2O/c1-16-12-19(4-5-22(16)27)24(8-10-29(3)11-9-24)7-6-23(30)28-17(2)18-13-20(25)15-21(26)14-18/h4-5,12-15,17H,6-11H2,1-3H3,(H,28,30). The Bertz CT molecular complexity index is 890. The molecule has 0 aliphatic carbocycles. The summed E-state index contributed by atoms with van der Waals surface area (Å²) in [7, 11) is 2.13. The van der Waals surface area contributed by atoms with Crippen molar-refractivity contribution in [2.24, 2.45) is 0 Å². The molecular formula is C24H29Br2FN2O. The minimum atomic E-state index is -0.173. The highest BCUT2D eigenvalue weighted by Gasteiger charge is 2.36. The van der Waals surface area contributed by atoms with Crippen LogP contribution in [0, 0.1) is 12.7 Å². The summed E-state index contributed by atoms with van der Waals surface area (Å²) in [4.78, 5) is 15.1. The van der Waals surface area contributed by atoms with Crippen LogP contribution in [0.2, 0.25) is 0 Å². The van der Waals surface area contributed by atoms with Gasteiger partial charge in [-0.2, -0.15) is 0 Å². The van der Waals surface area contributed by atoms with Crippen LogP contribution in [-0.2, 0) is 10.2 Å². The number of hydrogen-bond donors (Lipinski definition) is 1. The first kappa shape index (κ1) is 23.4. The monoisotopic (exact) mass is 538 g/mol. The number of carbonyl (C=O) groups excluding carboxylic acids is 1. The number of piperidine rings is 1. The molecule has 1 aliphatic heterocycles. The van der Waals surface area contributed by atoms with E-state index >= 15 is 0 Å². The largest absolute Gasteiger partial charge is 0.350 e. The summed E-state index contributed by atoms with van der Waals surface area (Å²) < 4.78 is 15.8. The predicted octanol–water partition coefficient (Wildman–Crippen LogP) is 6.28. The SMILES string of the molecule is Cc1cc(C2(CCC(=O)NC(C)c3cc(Br)cc(Br)c3)CCN(C)CC2)ccc1F. The van der Waals surface area contributed by atoms with Crippen LogP contribution in [0.4, 0.5) is 4.39 Å². The molecular weight excluding hydrogens is 511 g/mol. The van der Waals surface area contributed by atoms with Gasteiger partial charge >= 0.3 is 0 Å². The topological polar surface area (TPSA) is 32.3 Å². The quantitative estimate of drug-likeness (QED) is 0.468. The van der Waals surface area contributed by atoms with Gasteiger partial charge in [0.25, 0.3) is 0 Å². The number of likely N-dealkylation sites (tertiary alicyclic amines) is 1. The number of halogens is 3. The molecule has 0 bridgehead atoms. The Balaban J connectivity index is 1.70. The van der Waals surface area contributed by atoms with Crippen molar-refractivity contribution in [1.29, 1.82) is 0 Å². The predicted molar refractivity (Wildman–Crippen MR) is 127 cm³/mol. The minimum absolute atomic E-state index is 0.0516. The average molecular weight is 540 g/mol. The van der Waals surface area contributed by atoms with Crippen LogP contribution in [0.25, 0.3) is 0 Å². The van der Waals surface area contributed by atoms with Crippen LogP contribution in [-0.4, -0.2) is 30.9 Å². The molecule has 0 aromatic heterocycles. The molecule has 162 valence electrons. The summed E-state index contributed by atoms with van der Waals surface area (Å²) in [5.74, 6) is -0.121. The van der Waals surface area contributed by atoms with Crippen LogP contribution < -0.4 is 5.32 Å². The maximum atomic E-state index is 13.8. The van der Waals surface area contributed by atoms with E-state index in [0.717, 1.165) is 52.4 Å². The maximum Gasteiger partial charge on any atom is 0.220 e. The molecule has 3 rings (SSSR count). The summed E-state index contributed by atoms with van der Waals surface area (Å²) in [6.07, 6.45) is 3.19. The van der Waals surface area contributed by atoms with Gasteiger partial charge in [-0.3, -0.25) is 4.79 Å². The summed E-state index contributed by atoms with van der Waals surface area (Å²) in [5.41, 5.74) is 2.80. The Hall–Kier alpha value is -1.24. The Kier molecular flexibility index (Phi) is 7.75. The normalized spacial score (nSPS) is 17.5. The number of nitrogens with one attached hydrogen (secondary N) is 1. The number of aryl methyl sites for hydroxylation is 1. The highest BCUT2D eigenvalue weighted by molar-refractivity contribution is 9.11. The van der Waals surface area contributed by atoms with Gasteiger partial charge in [0.15, 0.2) is 0 Å². The van der Waals surface area contributed by atoms with Crippen LogP contribution in [0.3, 0.4) is 0 Å². The fourth-order valence-electron chi connectivity index (χ4n) is 4.28. The summed E-state index contributed by atoms with van der Waals surface area (Å²) in [6.45, 7) is 5.79. The molecule has 1 saturated heterocycles. The zero-order valence-electron chi connectivity index (χ0n) is 17.8. The number of rotatable bonds is 6. The van der Waals surface area contributed by atoms with Gasteiger partial charge in [-0.1, -0.05) is 44.0 Å². The molecule has 0 radical (unpaired) electrons. The third-order valence-electron chi connectivity index (χ3n) is 6.31. The zero-order chi connectivity index (χ0) is 21.9. The second-order valence-corrected chi connectivity index (χ2v) is 10.4. The molecule has 1 aliphatic rings. The van der Waals surface area contributed by atoms with Crippen LogP contribution in [0.5, 0.6) is 0 Å². The summed E-state index contributed by atoms with van der Waals surface area (Å²) in [5, 5.41) is 3.14. The van der Waals surface area contributed by atoms with Crippen molar-refractivity contribution in [2.75, 3.05) is 20.1 Å². The molecule has 6 heteroatoms. The first-order valence-electron chi connectivity index (χ1n) is 10.4. The molecule has 1 N–H and O–H groups in total. The fraction of sp³-hybridized carbons (Fsp3) is 0.458. The lowest BCUT2D eigenvalue weighted by atomic mass is 9.69. The molecule has 0 saturated carbocycles. The van der Waals surface area contributed by atoms with Gasteiger partial charge in [-0.15, -0.1) is 0 Å². The smallest absolute Gasteiger partial charge is 0.220 e. The Morgan fingerprint density at radius 2 is 1.80 bits per heavy atom. The van der Waals surface area contributed by atoms with Crippen molar-refractivity contribution in [2.45, 2.75) is 51.0 Å². The van der Waals surface area contributed by atoms with E-state index in [9.17, 15) is 9.18 Å². The van der Waals surface area contributed by atoms with Crippen LogP contribution >= 0.6 is 31.9 Å². The van der Waals surface area contributed by atoms with E-state index in [-0.39, 0.29) is 23.2 Å². The van der Waals surface area contributed by atoms with Gasteiger partial charge in [-0.25, -0.2) is 4.39 Å². The molecule has 1 amide bonds. The van der Waals surface area contributed by atoms with Gasteiger partial charge in [0.05, 0.1) is 6.04 Å². The molecule has 1 unspecified atom stereocenters. The lowest BCUT2D eigenvalue weighted by Gasteiger charge is -2.41. The molecule has 0 spiro atoms. The maximum absolute atomic E-state index is 13.8. The third kappa shape index (κ3) is 5.71. The first-order chi connectivity index (χ1) is 14.2. The Morgan fingerprint density at radius 1 is 1.17 bits per heavy atom. The molecule has 3 nitrogen and oxygen atoms in total. The van der Waals surface area contributed by atoms with Crippen molar-refractivity contribution in [1.82, 2.24) is 10.2 Å². The lowest BCUT2D eigenvalue weighted by Crippen LogP contribution is -2.41. The first-order valence-corrected chi connectivity index (χ1v) is 12.0. The highest BCUT2D eigenvalue weighted by Crippen LogP contribution is 2.40. The van der Waals surface area contributed by atoms with E-state index in [1.54, 1.807) is 6.07 Å². The summed E-state index contributed by atoms with van der Waals surface area (Å²) >= 11 is 7.01. The molecule has 2 aromatic carbocycles. The van der Waals surface area contributed by atoms with Gasteiger partial charge in [0.1, 0.15) is 5.82 Å². The van der Waals surface area contributed by atoms with Gasteiger partial charge < -0.3 is 10.2 Å². The molecule has 2 aromatic rings. The van der Waals surface area contributed by atoms with E-state index in [0.29, 0.717) is 12.0 Å². The number of hydrogen-bond acceptors (Lipinski definition) is 2. The molecule has 1 atom stereocenters. The Morgan fingerprint density at radius 3 is 2.40 bits per heavy atom. The number of nitrogens with zero attached hydrogens (tertiary/aromatic N) is 1. The lowest BCUT2D eigenvalue weighted by molar-refractivity contribution is -0.122. The number of carbonyl (C=O) groups is 1. The second-order valence-electron chi connectivity index (χ2n) is 8.54. The highest BCUT2D eigenvalue weighted by atomic mass is 79.9. The fourth-order valence-corrected chi connectivity index (χ4v) is 5.61. The summed E-state index contributed by atoms with van der Waals surface area (Å²) in [6, 6.07) is 11.4. The van der Waals surface area contributed by atoms with E-state index in [2.05, 4.69) is 49.1 Å². The van der Waals surface area contributed by atoms with Crippen LogP contribution in [0.15, 0.2) is 45.3 Å². The molecule has 1 fully saturated rings. The van der Waals surface area contributed by atoms with Crippen molar-refractivity contribution in [3.05, 3.63) is 67.9 Å².